The highest BCUT2D eigenvalue weighted by atomic mass is 35.5. The molecule has 3 nitrogen and oxygen atoms in total. The summed E-state index contributed by atoms with van der Waals surface area (Å²) in [5.74, 6) is 0.478. The highest BCUT2D eigenvalue weighted by molar-refractivity contribution is 6.30. The van der Waals surface area contributed by atoms with E-state index in [0.29, 0.717) is 5.92 Å². The van der Waals surface area contributed by atoms with Gasteiger partial charge in [-0.2, -0.15) is 0 Å². The van der Waals surface area contributed by atoms with Crippen molar-refractivity contribution in [1.29, 1.82) is 0 Å². The molecule has 0 spiro atoms. The fourth-order valence-electron chi connectivity index (χ4n) is 5.42. The number of benzene rings is 2. The minimum absolute atomic E-state index is 0.158. The normalized spacial score (nSPS) is 31.2. The Balaban J connectivity index is 1.61. The lowest BCUT2D eigenvalue weighted by molar-refractivity contribution is -0.161. The SMILES string of the molecule is Clc1ccc([C@@H]2[C@H]3CCCC[C@@]3(N3CCCC3)ON2c2ccccc2)cc1. The second-order valence-electron chi connectivity index (χ2n) is 8.14. The third kappa shape index (κ3) is 2.97. The first kappa shape index (κ1) is 17.5. The van der Waals surface area contributed by atoms with E-state index in [2.05, 4.69) is 52.4 Å². The molecule has 0 bridgehead atoms. The van der Waals surface area contributed by atoms with Crippen LogP contribution >= 0.6 is 11.6 Å². The molecule has 3 fully saturated rings. The largest absolute Gasteiger partial charge is 0.273 e. The third-order valence-electron chi connectivity index (χ3n) is 6.63. The lowest BCUT2D eigenvalue weighted by Crippen LogP contribution is -2.53. The molecule has 3 aliphatic rings. The van der Waals surface area contributed by atoms with Crippen LogP contribution in [0.5, 0.6) is 0 Å². The maximum atomic E-state index is 6.95. The van der Waals surface area contributed by atoms with Gasteiger partial charge in [0.2, 0.25) is 0 Å². The number of anilines is 1. The van der Waals surface area contributed by atoms with Gasteiger partial charge < -0.3 is 0 Å². The van der Waals surface area contributed by atoms with Gasteiger partial charge in [0.05, 0.1) is 11.7 Å². The Morgan fingerprint density at radius 2 is 1.63 bits per heavy atom. The molecule has 2 aromatic carbocycles. The van der Waals surface area contributed by atoms with Crippen molar-refractivity contribution in [2.45, 2.75) is 50.3 Å². The Bertz CT molecular complexity index is 775. The van der Waals surface area contributed by atoms with Gasteiger partial charge in [0.25, 0.3) is 0 Å². The molecule has 0 N–H and O–H groups in total. The fourth-order valence-corrected chi connectivity index (χ4v) is 5.55. The zero-order chi connectivity index (χ0) is 18.3. The zero-order valence-corrected chi connectivity index (χ0v) is 16.4. The van der Waals surface area contributed by atoms with Crippen LogP contribution in [0, 0.1) is 5.92 Å². The predicted octanol–water partition coefficient (Wildman–Crippen LogP) is 5.82. The van der Waals surface area contributed by atoms with Crippen LogP contribution in [0.1, 0.15) is 50.1 Å². The molecule has 0 unspecified atom stereocenters. The third-order valence-corrected chi connectivity index (χ3v) is 6.89. The van der Waals surface area contributed by atoms with Gasteiger partial charge in [-0.25, -0.2) is 9.90 Å². The van der Waals surface area contributed by atoms with E-state index in [4.69, 9.17) is 16.4 Å². The number of fused-ring (bicyclic) bond motifs is 1. The molecule has 2 saturated heterocycles. The van der Waals surface area contributed by atoms with Crippen LogP contribution in [0.4, 0.5) is 5.69 Å². The summed E-state index contributed by atoms with van der Waals surface area (Å²) in [4.78, 5) is 9.59. The molecule has 5 rings (SSSR count). The number of hydrogen-bond acceptors (Lipinski definition) is 3. The van der Waals surface area contributed by atoms with E-state index >= 15 is 0 Å². The minimum atomic E-state index is -0.158. The Labute approximate surface area is 166 Å². The van der Waals surface area contributed by atoms with Crippen LogP contribution < -0.4 is 5.06 Å². The molecule has 4 heteroatoms. The minimum Gasteiger partial charge on any atom is -0.273 e. The van der Waals surface area contributed by atoms with E-state index in [0.717, 1.165) is 30.2 Å². The summed E-state index contributed by atoms with van der Waals surface area (Å²) in [6.45, 7) is 2.32. The molecule has 0 amide bonds. The van der Waals surface area contributed by atoms with E-state index in [1.54, 1.807) is 0 Å². The molecular formula is C23H27ClN2O. The Kier molecular flexibility index (Phi) is 4.63. The molecule has 0 aromatic heterocycles. The average Bonchev–Trinajstić information content (AvgIpc) is 3.36. The summed E-state index contributed by atoms with van der Waals surface area (Å²) >= 11 is 6.19. The maximum Gasteiger partial charge on any atom is 0.154 e. The Hall–Kier alpha value is -1.55. The van der Waals surface area contributed by atoms with E-state index in [-0.39, 0.29) is 11.8 Å². The van der Waals surface area contributed by atoms with Crippen LogP contribution in [-0.2, 0) is 4.84 Å². The predicted molar refractivity (Wildman–Crippen MR) is 110 cm³/mol. The Morgan fingerprint density at radius 1 is 0.889 bits per heavy atom. The first-order valence-electron chi connectivity index (χ1n) is 10.3. The molecule has 2 heterocycles. The van der Waals surface area contributed by atoms with E-state index in [1.807, 2.05) is 12.1 Å². The highest BCUT2D eigenvalue weighted by Gasteiger charge is 2.59. The van der Waals surface area contributed by atoms with Crippen molar-refractivity contribution in [2.75, 3.05) is 18.2 Å². The second kappa shape index (κ2) is 7.12. The van der Waals surface area contributed by atoms with Crippen LogP contribution in [0.15, 0.2) is 54.6 Å². The van der Waals surface area contributed by atoms with Crippen molar-refractivity contribution in [3.05, 3.63) is 65.2 Å². The quantitative estimate of drug-likeness (QED) is 0.665. The van der Waals surface area contributed by atoms with E-state index in [9.17, 15) is 0 Å². The first-order chi connectivity index (χ1) is 13.3. The van der Waals surface area contributed by atoms with Crippen molar-refractivity contribution < 1.29 is 4.84 Å². The van der Waals surface area contributed by atoms with Gasteiger partial charge in [-0.05, 0) is 61.9 Å². The van der Waals surface area contributed by atoms with E-state index < -0.39 is 0 Å². The topological polar surface area (TPSA) is 15.7 Å². The van der Waals surface area contributed by atoms with Crippen molar-refractivity contribution >= 4 is 17.3 Å². The van der Waals surface area contributed by atoms with Crippen LogP contribution in [0.3, 0.4) is 0 Å². The monoisotopic (exact) mass is 382 g/mol. The molecule has 2 aromatic rings. The molecule has 2 aliphatic heterocycles. The van der Waals surface area contributed by atoms with Gasteiger partial charge in [0.15, 0.2) is 5.72 Å². The van der Waals surface area contributed by atoms with Crippen molar-refractivity contribution in [1.82, 2.24) is 4.90 Å². The molecule has 3 atom stereocenters. The van der Waals surface area contributed by atoms with Crippen LogP contribution in [0.25, 0.3) is 0 Å². The van der Waals surface area contributed by atoms with Crippen molar-refractivity contribution in [3.8, 4) is 0 Å². The smallest absolute Gasteiger partial charge is 0.154 e. The zero-order valence-electron chi connectivity index (χ0n) is 15.7. The molecule has 142 valence electrons. The van der Waals surface area contributed by atoms with Crippen LogP contribution in [-0.4, -0.2) is 23.7 Å². The summed E-state index contributed by atoms with van der Waals surface area (Å²) in [5, 5.41) is 3.00. The van der Waals surface area contributed by atoms with Crippen molar-refractivity contribution in [2.24, 2.45) is 5.92 Å². The van der Waals surface area contributed by atoms with E-state index in [1.165, 1.54) is 37.7 Å². The summed E-state index contributed by atoms with van der Waals surface area (Å²) in [6.07, 6.45) is 7.46. The van der Waals surface area contributed by atoms with Gasteiger partial charge in [-0.15, -0.1) is 0 Å². The summed E-state index contributed by atoms with van der Waals surface area (Å²) in [7, 11) is 0. The first-order valence-corrected chi connectivity index (χ1v) is 10.7. The highest BCUT2D eigenvalue weighted by Crippen LogP contribution is 2.55. The summed E-state index contributed by atoms with van der Waals surface area (Å²) in [5.41, 5.74) is 2.29. The fraction of sp³-hybridized carbons (Fsp3) is 0.478. The molecule has 1 saturated carbocycles. The molecule has 27 heavy (non-hydrogen) atoms. The number of hydrogen-bond donors (Lipinski definition) is 0. The number of nitrogens with zero attached hydrogens (tertiary/aromatic N) is 2. The Morgan fingerprint density at radius 3 is 2.37 bits per heavy atom. The summed E-state index contributed by atoms with van der Waals surface area (Å²) < 4.78 is 0. The molecule has 0 radical (unpaired) electrons. The van der Waals surface area contributed by atoms with Gasteiger partial charge >= 0.3 is 0 Å². The summed E-state index contributed by atoms with van der Waals surface area (Å²) in [6, 6.07) is 19.2. The van der Waals surface area contributed by atoms with Gasteiger partial charge in [0.1, 0.15) is 0 Å². The molecule has 1 aliphatic carbocycles. The van der Waals surface area contributed by atoms with Crippen molar-refractivity contribution in [3.63, 3.8) is 0 Å². The van der Waals surface area contributed by atoms with Gasteiger partial charge in [0, 0.05) is 24.0 Å². The maximum absolute atomic E-state index is 6.95. The second-order valence-corrected chi connectivity index (χ2v) is 8.58. The number of rotatable bonds is 3. The van der Waals surface area contributed by atoms with Gasteiger partial charge in [-0.3, -0.25) is 4.90 Å². The van der Waals surface area contributed by atoms with Gasteiger partial charge in [-0.1, -0.05) is 48.4 Å². The number of halogens is 1. The molecular weight excluding hydrogens is 356 g/mol. The standard InChI is InChI=1S/C23H27ClN2O/c24-19-13-11-18(12-14-19)22-21-10-4-5-15-23(21,25-16-6-7-17-25)27-26(22)20-8-2-1-3-9-20/h1-3,8-9,11-14,21-22H,4-7,10,15-17H2/t21-,22-,23-/m1/s1. The lowest BCUT2D eigenvalue weighted by Gasteiger charge is -2.44. The van der Waals surface area contributed by atoms with Crippen LogP contribution in [0.2, 0.25) is 5.02 Å². The lowest BCUT2D eigenvalue weighted by atomic mass is 9.75. The number of likely N-dealkylation sites (tertiary alicyclic amines) is 1. The number of para-hydroxylation sites is 1. The average molecular weight is 383 g/mol. The number of hydroxylamine groups is 1.